The van der Waals surface area contributed by atoms with Crippen molar-refractivity contribution in [1.82, 2.24) is 0 Å². The maximum atomic E-state index is 12.9. The minimum Gasteiger partial charge on any atom is -0.506 e. The Morgan fingerprint density at radius 2 is 1.86 bits per heavy atom. The SMILES string of the molecule is C.CC.COC1CC/C=C(\C)C(OC(N)=O)C(OC)/C=C\C=C(/C)C(=O)Nc2cc(O)c(NCC(O)CO)c(c2O)CCC1. The minimum atomic E-state index is -1.08. The summed E-state index contributed by atoms with van der Waals surface area (Å²) in [6.45, 7) is 6.84. The van der Waals surface area contributed by atoms with Crippen LogP contribution in [0.3, 0.4) is 0 Å². The van der Waals surface area contributed by atoms with Gasteiger partial charge in [-0.05, 0) is 51.5 Å². The molecule has 250 valence electrons. The van der Waals surface area contributed by atoms with Crippen LogP contribution in [-0.4, -0.2) is 84.2 Å². The molecule has 1 heterocycles. The lowest BCUT2D eigenvalue weighted by atomic mass is 9.98. The van der Waals surface area contributed by atoms with E-state index in [4.69, 9.17) is 19.9 Å². The third-order valence-corrected chi connectivity index (χ3v) is 6.86. The van der Waals surface area contributed by atoms with E-state index in [2.05, 4.69) is 10.6 Å². The summed E-state index contributed by atoms with van der Waals surface area (Å²) in [6.07, 6.45) is 5.85. The van der Waals surface area contributed by atoms with Crippen LogP contribution in [0.4, 0.5) is 16.2 Å². The number of aromatic hydroxyl groups is 2. The fraction of sp³-hybridized carbons (Fsp3) is 0.562. The highest BCUT2D eigenvalue weighted by Gasteiger charge is 2.25. The first-order valence-corrected chi connectivity index (χ1v) is 14.5. The summed E-state index contributed by atoms with van der Waals surface area (Å²) in [5.74, 6) is -0.992. The van der Waals surface area contributed by atoms with E-state index in [1.165, 1.54) is 19.3 Å². The summed E-state index contributed by atoms with van der Waals surface area (Å²) in [6, 6.07) is 1.22. The Morgan fingerprint density at radius 1 is 1.18 bits per heavy atom. The molecule has 12 nitrogen and oxygen atoms in total. The fourth-order valence-corrected chi connectivity index (χ4v) is 4.49. The summed E-state index contributed by atoms with van der Waals surface area (Å²) in [4.78, 5) is 24.5. The molecule has 2 bridgehead atoms. The van der Waals surface area contributed by atoms with Gasteiger partial charge < -0.3 is 51.0 Å². The van der Waals surface area contributed by atoms with Gasteiger partial charge in [-0.15, -0.1) is 0 Å². The van der Waals surface area contributed by atoms with Gasteiger partial charge in [0, 0.05) is 38.0 Å². The number of hydrogen-bond donors (Lipinski definition) is 7. The van der Waals surface area contributed by atoms with Crippen molar-refractivity contribution in [2.24, 2.45) is 5.73 Å². The normalized spacial score (nSPS) is 23.5. The Morgan fingerprint density at radius 3 is 2.45 bits per heavy atom. The number of phenolic OH excluding ortho intramolecular Hbond substituents is 2. The first-order valence-electron chi connectivity index (χ1n) is 14.5. The number of rotatable bonds is 7. The van der Waals surface area contributed by atoms with Crippen molar-refractivity contribution in [3.05, 3.63) is 47.1 Å². The van der Waals surface area contributed by atoms with Crippen molar-refractivity contribution in [3.8, 4) is 11.5 Å². The molecule has 1 aromatic carbocycles. The number of carbonyl (C=O) groups is 2. The number of primary amides is 1. The van der Waals surface area contributed by atoms with Crippen LogP contribution in [0.15, 0.2) is 41.5 Å². The molecule has 0 radical (unpaired) electrons. The van der Waals surface area contributed by atoms with E-state index >= 15 is 0 Å². The Bertz CT molecular complexity index is 1130. The van der Waals surface area contributed by atoms with Crippen molar-refractivity contribution in [3.63, 3.8) is 0 Å². The standard InChI is InChI=1S/C29H43N3O9.C2H6.CH4/c1-17-8-5-10-20(39-3)11-7-12-21-25(31-15-19(34)16-33)23(35)14-22(26(21)36)32-28(37)18(2)9-6-13-24(40-4)27(17)41-29(30)38;1-2;/h6,8-9,13-14,19-20,24,27,31,33-36H,5,7,10-12,15-16H2,1-4H3,(H2,30,38)(H,32,37);1-2H3;1H4/b13-6-,17-8+,18-9+;;. The van der Waals surface area contributed by atoms with Gasteiger partial charge >= 0.3 is 6.09 Å². The number of nitrogens with one attached hydrogen (secondary N) is 2. The molecule has 4 unspecified atom stereocenters. The topological polar surface area (TPSA) is 193 Å². The second-order valence-electron chi connectivity index (χ2n) is 9.88. The number of hydrogen-bond acceptors (Lipinski definition) is 10. The summed E-state index contributed by atoms with van der Waals surface area (Å²) >= 11 is 0. The number of amides is 2. The third kappa shape index (κ3) is 12.6. The first kappa shape index (κ1) is 40.4. The molecule has 2 amide bonds. The van der Waals surface area contributed by atoms with Crippen LogP contribution in [0, 0.1) is 0 Å². The van der Waals surface area contributed by atoms with Gasteiger partial charge in [0.05, 0.1) is 30.2 Å². The first-order chi connectivity index (χ1) is 20.5. The molecule has 12 heteroatoms. The quantitative estimate of drug-likeness (QED) is 0.129. The smallest absolute Gasteiger partial charge is 0.405 e. The number of anilines is 2. The summed E-state index contributed by atoms with van der Waals surface area (Å²) in [5.41, 5.74) is 6.90. The highest BCUT2D eigenvalue weighted by Crippen LogP contribution is 2.41. The number of phenols is 2. The Labute approximate surface area is 261 Å². The lowest BCUT2D eigenvalue weighted by molar-refractivity contribution is -0.112. The van der Waals surface area contributed by atoms with Crippen LogP contribution < -0.4 is 16.4 Å². The number of ether oxygens (including phenoxy) is 3. The van der Waals surface area contributed by atoms with Gasteiger partial charge in [0.1, 0.15) is 17.6 Å². The predicted octanol–water partition coefficient (Wildman–Crippen LogP) is 4.52. The van der Waals surface area contributed by atoms with Gasteiger partial charge in [0.2, 0.25) is 0 Å². The molecule has 0 spiro atoms. The molecule has 8 N–H and O–H groups in total. The number of nitrogens with two attached hydrogens (primary N) is 1. The zero-order valence-electron chi connectivity index (χ0n) is 26.1. The van der Waals surface area contributed by atoms with Crippen molar-refractivity contribution in [2.45, 2.75) is 91.6 Å². The predicted molar refractivity (Wildman–Crippen MR) is 173 cm³/mol. The van der Waals surface area contributed by atoms with Crippen molar-refractivity contribution >= 4 is 23.4 Å². The van der Waals surface area contributed by atoms with Gasteiger partial charge in [-0.1, -0.05) is 45.6 Å². The highest BCUT2D eigenvalue weighted by atomic mass is 16.6. The van der Waals surface area contributed by atoms with Crippen molar-refractivity contribution in [2.75, 3.05) is 38.0 Å². The number of carbonyl (C=O) groups excluding carboxylic acids is 2. The van der Waals surface area contributed by atoms with E-state index in [1.54, 1.807) is 26.2 Å². The second kappa shape index (κ2) is 21.2. The molecule has 0 aromatic heterocycles. The van der Waals surface area contributed by atoms with Crippen LogP contribution in [0.1, 0.15) is 66.4 Å². The molecule has 0 fully saturated rings. The monoisotopic (exact) mass is 623 g/mol. The maximum absolute atomic E-state index is 12.9. The molecule has 1 aromatic rings. The van der Waals surface area contributed by atoms with Gasteiger partial charge in [-0.2, -0.15) is 0 Å². The van der Waals surface area contributed by atoms with Gasteiger partial charge in [-0.3, -0.25) is 4.79 Å². The van der Waals surface area contributed by atoms with Gasteiger partial charge in [-0.25, -0.2) is 4.79 Å². The Balaban J connectivity index is 0.00000603. The Hall–Kier alpha value is -3.58. The largest absolute Gasteiger partial charge is 0.506 e. The summed E-state index contributed by atoms with van der Waals surface area (Å²) in [5, 5.41) is 46.4. The van der Waals surface area contributed by atoms with Crippen LogP contribution in [0.5, 0.6) is 11.5 Å². The molecular formula is C32H53N3O9. The minimum absolute atomic E-state index is 0. The second-order valence-corrected chi connectivity index (χ2v) is 9.88. The van der Waals surface area contributed by atoms with E-state index in [0.717, 1.165) is 5.57 Å². The van der Waals surface area contributed by atoms with Crippen LogP contribution in [0.2, 0.25) is 0 Å². The average Bonchev–Trinajstić information content (AvgIpc) is 2.99. The van der Waals surface area contributed by atoms with Crippen LogP contribution >= 0.6 is 0 Å². The molecule has 0 saturated carbocycles. The lowest BCUT2D eigenvalue weighted by Gasteiger charge is -2.24. The molecule has 44 heavy (non-hydrogen) atoms. The van der Waals surface area contributed by atoms with Crippen LogP contribution in [0.25, 0.3) is 0 Å². The van der Waals surface area contributed by atoms with E-state index in [9.17, 15) is 30.0 Å². The lowest BCUT2D eigenvalue weighted by Crippen LogP contribution is -2.34. The van der Waals surface area contributed by atoms with Crippen molar-refractivity contribution < 1.29 is 44.2 Å². The number of fused-ring (bicyclic) bond motifs is 2. The number of aliphatic hydroxyl groups is 2. The third-order valence-electron chi connectivity index (χ3n) is 6.86. The Kier molecular flexibility index (Phi) is 19.5. The zero-order valence-corrected chi connectivity index (χ0v) is 26.1. The zero-order chi connectivity index (χ0) is 32.5. The van der Waals surface area contributed by atoms with E-state index in [0.29, 0.717) is 37.7 Å². The molecule has 0 aliphatic carbocycles. The molecule has 2 rings (SSSR count). The fourth-order valence-electron chi connectivity index (χ4n) is 4.49. The molecule has 4 atom stereocenters. The molecule has 0 saturated heterocycles. The van der Waals surface area contributed by atoms with E-state index < -0.39 is 36.9 Å². The number of aliphatic hydroxyl groups excluding tert-OH is 2. The van der Waals surface area contributed by atoms with E-state index in [-0.39, 0.29) is 48.5 Å². The van der Waals surface area contributed by atoms with Crippen molar-refractivity contribution in [1.29, 1.82) is 0 Å². The molecular weight excluding hydrogens is 570 g/mol. The number of benzene rings is 1. The number of methoxy groups -OCH3 is 2. The summed E-state index contributed by atoms with van der Waals surface area (Å²) in [7, 11) is 3.08. The van der Waals surface area contributed by atoms with Gasteiger partial charge in [0.15, 0.2) is 6.10 Å². The maximum Gasteiger partial charge on any atom is 0.405 e. The van der Waals surface area contributed by atoms with Gasteiger partial charge in [0.25, 0.3) is 5.91 Å². The highest BCUT2D eigenvalue weighted by molar-refractivity contribution is 6.04. The molecule has 1 aliphatic heterocycles. The molecule has 1 aliphatic rings. The summed E-state index contributed by atoms with van der Waals surface area (Å²) < 4.78 is 16.5. The number of allylic oxidation sites excluding steroid dienone is 3. The van der Waals surface area contributed by atoms with Crippen LogP contribution in [-0.2, 0) is 25.4 Å². The van der Waals surface area contributed by atoms with E-state index in [1.807, 2.05) is 26.8 Å². The average molecular weight is 624 g/mol.